The Balaban J connectivity index is 1.26. The van der Waals surface area contributed by atoms with E-state index in [1.54, 1.807) is 31.4 Å². The van der Waals surface area contributed by atoms with Gasteiger partial charge in [-0.1, -0.05) is 18.2 Å². The lowest BCUT2D eigenvalue weighted by Gasteiger charge is -2.32. The van der Waals surface area contributed by atoms with Crippen LogP contribution >= 0.6 is 0 Å². The third-order valence-electron chi connectivity index (χ3n) is 6.41. The van der Waals surface area contributed by atoms with Gasteiger partial charge in [0.25, 0.3) is 0 Å². The predicted octanol–water partition coefficient (Wildman–Crippen LogP) is 3.71. The van der Waals surface area contributed by atoms with Crippen molar-refractivity contribution in [3.63, 3.8) is 0 Å². The second-order valence-electron chi connectivity index (χ2n) is 8.33. The molecule has 0 aromatic heterocycles. The van der Waals surface area contributed by atoms with E-state index in [4.69, 9.17) is 4.74 Å². The van der Waals surface area contributed by atoms with Gasteiger partial charge in [-0.3, -0.25) is 14.4 Å². The second-order valence-corrected chi connectivity index (χ2v) is 8.33. The van der Waals surface area contributed by atoms with Crippen LogP contribution in [-0.4, -0.2) is 42.7 Å². The average Bonchev–Trinajstić information content (AvgIpc) is 2.82. The van der Waals surface area contributed by atoms with E-state index in [0.29, 0.717) is 50.8 Å². The molecule has 1 atom stereocenters. The van der Waals surface area contributed by atoms with Crippen LogP contribution in [0.15, 0.2) is 48.5 Å². The number of ketones is 1. The molecule has 0 saturated carbocycles. The Morgan fingerprint density at radius 2 is 1.77 bits per heavy atom. The quantitative estimate of drug-likeness (QED) is 0.723. The molecular weight excluding hydrogens is 392 g/mol. The van der Waals surface area contributed by atoms with Crippen molar-refractivity contribution in [1.82, 2.24) is 4.90 Å². The van der Waals surface area contributed by atoms with Gasteiger partial charge in [0.15, 0.2) is 5.78 Å². The number of likely N-dealkylation sites (tertiary alicyclic amines) is 1. The number of rotatable bonds is 6. The number of amides is 2. The van der Waals surface area contributed by atoms with Crippen molar-refractivity contribution in [3.8, 4) is 5.75 Å². The summed E-state index contributed by atoms with van der Waals surface area (Å²) in [6.45, 7) is 1.18. The minimum Gasteiger partial charge on any atom is -0.497 e. The Labute approximate surface area is 182 Å². The Morgan fingerprint density at radius 3 is 2.48 bits per heavy atom. The van der Waals surface area contributed by atoms with Gasteiger partial charge >= 0.3 is 0 Å². The topological polar surface area (TPSA) is 75.7 Å². The molecule has 6 heteroatoms. The molecule has 2 aromatic carbocycles. The standard InChI is InChI=1S/C25H28N2O4/c1-31-21-9-6-17(7-10-21)24(29)18-12-14-27(15-13-18)23(28)11-8-20-16-19-4-2-3-5-22(19)26-25(20)30/h2-7,9-10,18,20H,8,11-16H2,1H3,(H,26,30)/t20-/m1/s1. The predicted molar refractivity (Wildman–Crippen MR) is 118 cm³/mol. The molecule has 2 amide bonds. The first-order chi connectivity index (χ1) is 15.0. The van der Waals surface area contributed by atoms with Gasteiger partial charge in [-0.2, -0.15) is 0 Å². The number of nitrogens with one attached hydrogen (secondary N) is 1. The van der Waals surface area contributed by atoms with Crippen LogP contribution in [-0.2, 0) is 16.0 Å². The number of carbonyl (C=O) groups excluding carboxylic acids is 3. The minimum atomic E-state index is -0.173. The molecule has 2 aromatic rings. The highest BCUT2D eigenvalue weighted by molar-refractivity contribution is 5.98. The van der Waals surface area contributed by atoms with E-state index in [1.165, 1.54) is 0 Å². The van der Waals surface area contributed by atoms with Crippen molar-refractivity contribution in [2.45, 2.75) is 32.1 Å². The van der Waals surface area contributed by atoms with E-state index >= 15 is 0 Å². The van der Waals surface area contributed by atoms with E-state index in [9.17, 15) is 14.4 Å². The third-order valence-corrected chi connectivity index (χ3v) is 6.41. The number of carbonyl (C=O) groups is 3. The molecule has 2 heterocycles. The number of methoxy groups -OCH3 is 1. The van der Waals surface area contributed by atoms with Crippen molar-refractivity contribution in [2.24, 2.45) is 11.8 Å². The molecule has 0 spiro atoms. The average molecular weight is 421 g/mol. The number of para-hydroxylation sites is 1. The first-order valence-electron chi connectivity index (χ1n) is 10.9. The van der Waals surface area contributed by atoms with Crippen LogP contribution in [0.25, 0.3) is 0 Å². The number of anilines is 1. The van der Waals surface area contributed by atoms with Crippen LogP contribution in [0.2, 0.25) is 0 Å². The molecule has 0 aliphatic carbocycles. The SMILES string of the molecule is COc1ccc(C(=O)C2CCN(C(=O)CC[C@@H]3Cc4ccccc4NC3=O)CC2)cc1. The molecule has 0 radical (unpaired) electrons. The number of Topliss-reactive ketones (excluding diaryl/α,β-unsaturated/α-hetero) is 1. The zero-order chi connectivity index (χ0) is 21.8. The number of hydrogen-bond acceptors (Lipinski definition) is 4. The normalized spacial score (nSPS) is 18.8. The number of benzene rings is 2. The fourth-order valence-corrected chi connectivity index (χ4v) is 4.48. The zero-order valence-corrected chi connectivity index (χ0v) is 17.8. The van der Waals surface area contributed by atoms with E-state index in [-0.39, 0.29) is 29.4 Å². The van der Waals surface area contributed by atoms with Gasteiger partial charge in [-0.05, 0) is 61.6 Å². The maximum Gasteiger partial charge on any atom is 0.227 e. The first-order valence-corrected chi connectivity index (χ1v) is 10.9. The molecule has 1 N–H and O–H groups in total. The highest BCUT2D eigenvalue weighted by atomic mass is 16.5. The monoisotopic (exact) mass is 420 g/mol. The summed E-state index contributed by atoms with van der Waals surface area (Å²) in [6, 6.07) is 15.0. The Bertz CT molecular complexity index is 962. The molecule has 0 bridgehead atoms. The van der Waals surface area contributed by atoms with E-state index in [0.717, 1.165) is 17.0 Å². The van der Waals surface area contributed by atoms with E-state index in [2.05, 4.69) is 5.32 Å². The number of nitrogens with zero attached hydrogens (tertiary/aromatic N) is 1. The van der Waals surface area contributed by atoms with Gasteiger partial charge in [0.2, 0.25) is 11.8 Å². The maximum atomic E-state index is 12.8. The molecule has 1 saturated heterocycles. The fourth-order valence-electron chi connectivity index (χ4n) is 4.48. The van der Waals surface area contributed by atoms with Crippen LogP contribution in [0, 0.1) is 11.8 Å². The van der Waals surface area contributed by atoms with Crippen LogP contribution in [0.3, 0.4) is 0 Å². The third kappa shape index (κ3) is 4.79. The summed E-state index contributed by atoms with van der Waals surface area (Å²) in [5, 5.41) is 2.95. The van der Waals surface area contributed by atoms with Crippen molar-refractivity contribution < 1.29 is 19.1 Å². The molecule has 2 aliphatic heterocycles. The molecular formula is C25H28N2O4. The molecule has 2 aliphatic rings. The molecule has 31 heavy (non-hydrogen) atoms. The van der Waals surface area contributed by atoms with Gasteiger partial charge in [0, 0.05) is 42.6 Å². The number of hydrogen-bond donors (Lipinski definition) is 1. The molecule has 0 unspecified atom stereocenters. The van der Waals surface area contributed by atoms with E-state index < -0.39 is 0 Å². The van der Waals surface area contributed by atoms with Crippen LogP contribution < -0.4 is 10.1 Å². The van der Waals surface area contributed by atoms with Crippen LogP contribution in [0.1, 0.15) is 41.6 Å². The summed E-state index contributed by atoms with van der Waals surface area (Å²) >= 11 is 0. The lowest BCUT2D eigenvalue weighted by molar-refractivity contribution is -0.133. The molecule has 6 nitrogen and oxygen atoms in total. The lowest BCUT2D eigenvalue weighted by Crippen LogP contribution is -2.40. The summed E-state index contributed by atoms with van der Waals surface area (Å²) in [5.74, 6) is 0.697. The van der Waals surface area contributed by atoms with E-state index in [1.807, 2.05) is 29.2 Å². The number of piperidine rings is 1. The Kier molecular flexibility index (Phi) is 6.35. The zero-order valence-electron chi connectivity index (χ0n) is 17.8. The molecule has 4 rings (SSSR count). The smallest absolute Gasteiger partial charge is 0.227 e. The summed E-state index contributed by atoms with van der Waals surface area (Å²) in [7, 11) is 1.60. The minimum absolute atomic E-state index is 0.00436. The van der Waals surface area contributed by atoms with Gasteiger partial charge < -0.3 is 15.0 Å². The summed E-state index contributed by atoms with van der Waals surface area (Å²) < 4.78 is 5.15. The van der Waals surface area contributed by atoms with Gasteiger partial charge in [0.1, 0.15) is 5.75 Å². The Hall–Kier alpha value is -3.15. The molecule has 1 fully saturated rings. The fraction of sp³-hybridized carbons (Fsp3) is 0.400. The number of ether oxygens (including phenoxy) is 1. The highest BCUT2D eigenvalue weighted by Crippen LogP contribution is 2.28. The van der Waals surface area contributed by atoms with Crippen molar-refractivity contribution in [2.75, 3.05) is 25.5 Å². The lowest BCUT2D eigenvalue weighted by atomic mass is 9.88. The van der Waals surface area contributed by atoms with Crippen LogP contribution in [0.4, 0.5) is 5.69 Å². The van der Waals surface area contributed by atoms with Crippen molar-refractivity contribution in [3.05, 3.63) is 59.7 Å². The first kappa shape index (κ1) is 21.1. The van der Waals surface area contributed by atoms with Gasteiger partial charge in [-0.15, -0.1) is 0 Å². The van der Waals surface area contributed by atoms with Crippen molar-refractivity contribution in [1.29, 1.82) is 0 Å². The summed E-state index contributed by atoms with van der Waals surface area (Å²) in [5.41, 5.74) is 2.69. The second kappa shape index (κ2) is 9.33. The summed E-state index contributed by atoms with van der Waals surface area (Å²) in [4.78, 5) is 39.7. The maximum absolute atomic E-state index is 12.8. The van der Waals surface area contributed by atoms with Gasteiger partial charge in [0.05, 0.1) is 7.11 Å². The highest BCUT2D eigenvalue weighted by Gasteiger charge is 2.30. The number of fused-ring (bicyclic) bond motifs is 1. The van der Waals surface area contributed by atoms with Gasteiger partial charge in [-0.25, -0.2) is 0 Å². The Morgan fingerprint density at radius 1 is 1.06 bits per heavy atom. The largest absolute Gasteiger partial charge is 0.497 e. The summed E-state index contributed by atoms with van der Waals surface area (Å²) in [6.07, 6.45) is 2.93. The van der Waals surface area contributed by atoms with Crippen LogP contribution in [0.5, 0.6) is 5.75 Å². The molecule has 162 valence electrons. The van der Waals surface area contributed by atoms with Crippen molar-refractivity contribution >= 4 is 23.3 Å².